The van der Waals surface area contributed by atoms with Crippen molar-refractivity contribution in [2.45, 2.75) is 6.54 Å². The Morgan fingerprint density at radius 3 is 2.72 bits per heavy atom. The molecule has 0 saturated carbocycles. The van der Waals surface area contributed by atoms with Gasteiger partial charge in [-0.3, -0.25) is 9.63 Å². The molecule has 0 aromatic heterocycles. The minimum absolute atomic E-state index is 0.00105. The first-order chi connectivity index (χ1) is 8.86. The van der Waals surface area contributed by atoms with E-state index in [1.54, 1.807) is 4.90 Å². The monoisotopic (exact) mass is 250 g/mol. The highest BCUT2D eigenvalue weighted by atomic mass is 16.6. The second-order valence-corrected chi connectivity index (χ2v) is 4.09. The maximum atomic E-state index is 11.7. The van der Waals surface area contributed by atoms with Gasteiger partial charge in [0.15, 0.2) is 0 Å². The Labute approximate surface area is 107 Å². The molecule has 1 heterocycles. The van der Waals surface area contributed by atoms with Crippen LogP contribution in [0.4, 0.5) is 0 Å². The molecule has 0 radical (unpaired) electrons. The zero-order valence-corrected chi connectivity index (χ0v) is 10.3. The highest BCUT2D eigenvalue weighted by Gasteiger charge is 2.16. The van der Waals surface area contributed by atoms with Crippen molar-refractivity contribution in [1.82, 2.24) is 10.4 Å². The fourth-order valence-corrected chi connectivity index (χ4v) is 1.75. The molecule has 1 aliphatic rings. The molecule has 2 rings (SSSR count). The van der Waals surface area contributed by atoms with Gasteiger partial charge in [0.05, 0.1) is 13.2 Å². The number of nitrogens with one attached hydrogen (secondary N) is 1. The van der Waals surface area contributed by atoms with Gasteiger partial charge >= 0.3 is 0 Å². The molecule has 0 aliphatic carbocycles. The molecule has 18 heavy (non-hydrogen) atoms. The summed E-state index contributed by atoms with van der Waals surface area (Å²) in [5, 5.41) is 0. The van der Waals surface area contributed by atoms with Crippen LogP contribution < -0.4 is 5.48 Å². The van der Waals surface area contributed by atoms with E-state index in [1.807, 2.05) is 30.3 Å². The number of benzene rings is 1. The largest absolute Gasteiger partial charge is 0.378 e. The van der Waals surface area contributed by atoms with Gasteiger partial charge in [0.1, 0.15) is 6.61 Å². The van der Waals surface area contributed by atoms with Crippen molar-refractivity contribution in [3.8, 4) is 0 Å². The molecule has 5 nitrogen and oxygen atoms in total. The van der Waals surface area contributed by atoms with Crippen LogP contribution in [0.5, 0.6) is 0 Å². The lowest BCUT2D eigenvalue weighted by molar-refractivity contribution is -0.143. The average Bonchev–Trinajstić information content (AvgIpc) is 2.45. The van der Waals surface area contributed by atoms with Crippen molar-refractivity contribution in [1.29, 1.82) is 0 Å². The van der Waals surface area contributed by atoms with E-state index in [0.29, 0.717) is 32.8 Å². The number of nitrogens with zero attached hydrogens (tertiary/aromatic N) is 1. The molecule has 1 N–H and O–H groups in total. The van der Waals surface area contributed by atoms with Crippen LogP contribution in [0.15, 0.2) is 30.3 Å². The van der Waals surface area contributed by atoms with Gasteiger partial charge in [-0.25, -0.2) is 0 Å². The van der Waals surface area contributed by atoms with E-state index in [-0.39, 0.29) is 12.5 Å². The molecule has 1 saturated heterocycles. The van der Waals surface area contributed by atoms with Gasteiger partial charge in [-0.1, -0.05) is 30.3 Å². The van der Waals surface area contributed by atoms with E-state index in [1.165, 1.54) is 0 Å². The summed E-state index contributed by atoms with van der Waals surface area (Å²) in [4.78, 5) is 18.6. The summed E-state index contributed by atoms with van der Waals surface area (Å²) >= 11 is 0. The molecule has 0 spiro atoms. The number of hydrogen-bond acceptors (Lipinski definition) is 4. The van der Waals surface area contributed by atoms with E-state index in [4.69, 9.17) is 9.57 Å². The number of amides is 1. The summed E-state index contributed by atoms with van der Waals surface area (Å²) in [6, 6.07) is 9.90. The van der Waals surface area contributed by atoms with Gasteiger partial charge in [-0.05, 0) is 5.56 Å². The first-order valence-corrected chi connectivity index (χ1v) is 6.10. The fraction of sp³-hybridized carbons (Fsp3) is 0.462. The Hall–Kier alpha value is -1.43. The van der Waals surface area contributed by atoms with Gasteiger partial charge in [-0.2, -0.15) is 5.48 Å². The Bertz CT molecular complexity index is 364. The normalized spacial score (nSPS) is 15.7. The molecule has 1 amide bonds. The maximum Gasteiger partial charge on any atom is 0.250 e. The van der Waals surface area contributed by atoms with Crippen LogP contribution in [-0.2, 0) is 20.9 Å². The topological polar surface area (TPSA) is 50.8 Å². The fourth-order valence-electron chi connectivity index (χ4n) is 1.75. The molecular formula is C13H18N2O3. The number of ether oxygens (including phenoxy) is 1. The summed E-state index contributed by atoms with van der Waals surface area (Å²) in [6.45, 7) is 3.19. The first kappa shape index (κ1) is 13.0. The van der Waals surface area contributed by atoms with Gasteiger partial charge in [0, 0.05) is 19.6 Å². The lowest BCUT2D eigenvalue weighted by Crippen LogP contribution is -2.43. The van der Waals surface area contributed by atoms with E-state index < -0.39 is 0 Å². The summed E-state index contributed by atoms with van der Waals surface area (Å²) in [6.07, 6.45) is 0. The highest BCUT2D eigenvalue weighted by Crippen LogP contribution is 1.99. The van der Waals surface area contributed by atoms with Crippen LogP contribution in [0, 0.1) is 0 Å². The minimum atomic E-state index is -0.00105. The third-order valence-electron chi connectivity index (χ3n) is 2.78. The molecule has 1 aliphatic heterocycles. The Kier molecular flexibility index (Phi) is 5.14. The predicted molar refractivity (Wildman–Crippen MR) is 66.6 cm³/mol. The summed E-state index contributed by atoms with van der Waals surface area (Å²) in [7, 11) is 0. The van der Waals surface area contributed by atoms with Gasteiger partial charge < -0.3 is 9.64 Å². The number of hydroxylamine groups is 1. The van der Waals surface area contributed by atoms with Crippen molar-refractivity contribution < 1.29 is 14.4 Å². The number of hydrogen-bond donors (Lipinski definition) is 1. The first-order valence-electron chi connectivity index (χ1n) is 6.10. The SMILES string of the molecule is O=C(CONCc1ccccc1)N1CCOCC1. The van der Waals surface area contributed by atoms with E-state index in [0.717, 1.165) is 5.56 Å². The van der Waals surface area contributed by atoms with Crippen LogP contribution in [0.2, 0.25) is 0 Å². The van der Waals surface area contributed by atoms with Crippen molar-refractivity contribution >= 4 is 5.91 Å². The van der Waals surface area contributed by atoms with Crippen LogP contribution >= 0.6 is 0 Å². The summed E-state index contributed by atoms with van der Waals surface area (Å²) in [5.41, 5.74) is 3.91. The highest BCUT2D eigenvalue weighted by molar-refractivity contribution is 5.77. The van der Waals surface area contributed by atoms with Crippen LogP contribution in [0.1, 0.15) is 5.56 Å². The second-order valence-electron chi connectivity index (χ2n) is 4.09. The summed E-state index contributed by atoms with van der Waals surface area (Å²) in [5.74, 6) is -0.00105. The van der Waals surface area contributed by atoms with E-state index >= 15 is 0 Å². The smallest absolute Gasteiger partial charge is 0.250 e. The van der Waals surface area contributed by atoms with Gasteiger partial charge in [0.2, 0.25) is 0 Å². The average molecular weight is 250 g/mol. The van der Waals surface area contributed by atoms with Crippen molar-refractivity contribution in [3.63, 3.8) is 0 Å². The van der Waals surface area contributed by atoms with Crippen LogP contribution in [0.3, 0.4) is 0 Å². The lowest BCUT2D eigenvalue weighted by Gasteiger charge is -2.26. The molecule has 0 bridgehead atoms. The van der Waals surface area contributed by atoms with Crippen LogP contribution in [0.25, 0.3) is 0 Å². The molecule has 1 aromatic rings. The molecule has 1 fully saturated rings. The van der Waals surface area contributed by atoms with E-state index in [2.05, 4.69) is 5.48 Å². The second kappa shape index (κ2) is 7.10. The zero-order valence-electron chi connectivity index (χ0n) is 10.3. The molecule has 98 valence electrons. The van der Waals surface area contributed by atoms with Crippen molar-refractivity contribution in [3.05, 3.63) is 35.9 Å². The minimum Gasteiger partial charge on any atom is -0.378 e. The van der Waals surface area contributed by atoms with Crippen molar-refractivity contribution in [2.75, 3.05) is 32.9 Å². The third kappa shape index (κ3) is 4.10. The maximum absolute atomic E-state index is 11.7. The Morgan fingerprint density at radius 2 is 2.00 bits per heavy atom. The van der Waals surface area contributed by atoms with Crippen molar-refractivity contribution in [2.24, 2.45) is 0 Å². The predicted octanol–water partition coefficient (Wildman–Crippen LogP) is 0.567. The van der Waals surface area contributed by atoms with E-state index in [9.17, 15) is 4.79 Å². The number of morpholine rings is 1. The molecule has 1 aromatic carbocycles. The Balaban J connectivity index is 1.61. The molecule has 0 unspecified atom stereocenters. The Morgan fingerprint density at radius 1 is 1.28 bits per heavy atom. The lowest BCUT2D eigenvalue weighted by atomic mass is 10.2. The molecule has 5 heteroatoms. The van der Waals surface area contributed by atoms with Gasteiger partial charge in [-0.15, -0.1) is 0 Å². The zero-order chi connectivity index (χ0) is 12.6. The summed E-state index contributed by atoms with van der Waals surface area (Å²) < 4.78 is 5.18. The van der Waals surface area contributed by atoms with Crippen LogP contribution in [-0.4, -0.2) is 43.7 Å². The van der Waals surface area contributed by atoms with Gasteiger partial charge in [0.25, 0.3) is 5.91 Å². The number of rotatable bonds is 5. The number of carbonyl (C=O) groups is 1. The third-order valence-corrected chi connectivity index (χ3v) is 2.78. The quantitative estimate of drug-likeness (QED) is 0.613. The number of carbonyl (C=O) groups excluding carboxylic acids is 1. The molecule has 0 atom stereocenters. The standard InChI is InChI=1S/C13H18N2O3/c16-13(15-6-8-17-9-7-15)11-18-14-10-12-4-2-1-3-5-12/h1-5,14H,6-11H2. The molecular weight excluding hydrogens is 232 g/mol.